The first-order valence-corrected chi connectivity index (χ1v) is 10.9. The number of nitrogens with zero attached hydrogens (tertiary/aromatic N) is 2. The Hall–Kier alpha value is -1.36. The maximum Gasteiger partial charge on any atom is 0.159 e. The topological polar surface area (TPSA) is 24.8 Å². The standard InChI is InChI=1S/C21H24Cl2N2OS/c1-3-18-14-27-21(24-11-10-15-4-8-19(26-2)9-5-15)25(18)13-16-6-7-17(22)12-20(16)23/h4-9,12,18H,3,10-11,13-14H2,1-2H3/t18-/m1/s1. The zero-order valence-corrected chi connectivity index (χ0v) is 17.9. The highest BCUT2D eigenvalue weighted by molar-refractivity contribution is 8.14. The average molecular weight is 423 g/mol. The molecule has 0 amide bonds. The van der Waals surface area contributed by atoms with Crippen LogP contribution in [0.4, 0.5) is 0 Å². The molecule has 2 aromatic carbocycles. The molecule has 27 heavy (non-hydrogen) atoms. The predicted octanol–water partition coefficient (Wildman–Crippen LogP) is 5.93. The van der Waals surface area contributed by atoms with Gasteiger partial charge in [0.05, 0.1) is 7.11 Å². The molecule has 1 fully saturated rings. The molecule has 0 aromatic heterocycles. The summed E-state index contributed by atoms with van der Waals surface area (Å²) >= 11 is 14.3. The van der Waals surface area contributed by atoms with E-state index >= 15 is 0 Å². The molecule has 1 aliphatic heterocycles. The number of amidine groups is 1. The van der Waals surface area contributed by atoms with Gasteiger partial charge in [-0.3, -0.25) is 4.99 Å². The number of methoxy groups -OCH3 is 1. The summed E-state index contributed by atoms with van der Waals surface area (Å²) in [7, 11) is 1.68. The molecule has 0 unspecified atom stereocenters. The van der Waals surface area contributed by atoms with E-state index in [4.69, 9.17) is 32.9 Å². The van der Waals surface area contributed by atoms with Crippen LogP contribution in [0.3, 0.4) is 0 Å². The molecule has 0 saturated carbocycles. The summed E-state index contributed by atoms with van der Waals surface area (Å²) in [5.41, 5.74) is 2.35. The Morgan fingerprint density at radius 3 is 2.63 bits per heavy atom. The molecule has 1 saturated heterocycles. The number of hydrogen-bond donors (Lipinski definition) is 0. The molecule has 3 rings (SSSR count). The lowest BCUT2D eigenvalue weighted by atomic mass is 10.1. The number of rotatable bonds is 7. The molecule has 1 atom stereocenters. The van der Waals surface area contributed by atoms with E-state index in [2.05, 4.69) is 24.0 Å². The van der Waals surface area contributed by atoms with Crippen LogP contribution >= 0.6 is 35.0 Å². The minimum atomic E-state index is 0.487. The van der Waals surface area contributed by atoms with Gasteiger partial charge in [-0.1, -0.05) is 60.1 Å². The fourth-order valence-electron chi connectivity index (χ4n) is 3.08. The molecule has 1 heterocycles. The highest BCUT2D eigenvalue weighted by Crippen LogP contribution is 2.30. The summed E-state index contributed by atoms with van der Waals surface area (Å²) in [6.07, 6.45) is 2.01. The van der Waals surface area contributed by atoms with Crippen LogP contribution in [0.25, 0.3) is 0 Å². The lowest BCUT2D eigenvalue weighted by molar-refractivity contribution is 0.334. The smallest absolute Gasteiger partial charge is 0.159 e. The summed E-state index contributed by atoms with van der Waals surface area (Å²) in [6.45, 7) is 3.76. The van der Waals surface area contributed by atoms with Gasteiger partial charge in [0.2, 0.25) is 0 Å². The van der Waals surface area contributed by atoms with Gasteiger partial charge in [0, 0.05) is 34.9 Å². The van der Waals surface area contributed by atoms with Gasteiger partial charge in [-0.2, -0.15) is 0 Å². The van der Waals surface area contributed by atoms with Crippen LogP contribution in [-0.4, -0.2) is 35.5 Å². The normalized spacial score (nSPS) is 18.3. The molecule has 0 spiro atoms. The summed E-state index contributed by atoms with van der Waals surface area (Å²) in [5, 5.41) is 2.49. The molecule has 0 bridgehead atoms. The van der Waals surface area contributed by atoms with Gasteiger partial charge in [0.15, 0.2) is 5.17 Å². The van der Waals surface area contributed by atoms with E-state index in [1.54, 1.807) is 7.11 Å². The maximum absolute atomic E-state index is 6.39. The number of hydrogen-bond acceptors (Lipinski definition) is 3. The molecular weight excluding hydrogens is 399 g/mol. The Morgan fingerprint density at radius 1 is 1.19 bits per heavy atom. The zero-order valence-electron chi connectivity index (χ0n) is 15.6. The van der Waals surface area contributed by atoms with Crippen LogP contribution in [0.1, 0.15) is 24.5 Å². The Labute approximate surface area is 175 Å². The van der Waals surface area contributed by atoms with Crippen molar-refractivity contribution in [2.45, 2.75) is 32.4 Å². The third-order valence-electron chi connectivity index (χ3n) is 4.72. The second-order valence-corrected chi connectivity index (χ2v) is 8.33. The number of ether oxygens (including phenoxy) is 1. The molecular formula is C21H24Cl2N2OS. The van der Waals surface area contributed by atoms with Gasteiger partial charge in [-0.15, -0.1) is 0 Å². The first-order valence-electron chi connectivity index (χ1n) is 9.11. The third-order valence-corrected chi connectivity index (χ3v) is 6.49. The summed E-state index contributed by atoms with van der Waals surface area (Å²) < 4.78 is 5.21. The minimum absolute atomic E-state index is 0.487. The lowest BCUT2D eigenvalue weighted by Crippen LogP contribution is -2.33. The van der Waals surface area contributed by atoms with Crippen molar-refractivity contribution in [1.82, 2.24) is 4.90 Å². The van der Waals surface area contributed by atoms with Crippen LogP contribution in [0.15, 0.2) is 47.5 Å². The largest absolute Gasteiger partial charge is 0.497 e. The average Bonchev–Trinajstić information content (AvgIpc) is 3.06. The molecule has 144 valence electrons. The van der Waals surface area contributed by atoms with Crippen molar-refractivity contribution in [2.24, 2.45) is 4.99 Å². The van der Waals surface area contributed by atoms with E-state index in [0.717, 1.165) is 48.2 Å². The van der Waals surface area contributed by atoms with Crippen molar-refractivity contribution in [1.29, 1.82) is 0 Å². The molecule has 0 radical (unpaired) electrons. The first-order chi connectivity index (χ1) is 13.1. The van der Waals surface area contributed by atoms with Gasteiger partial charge in [-0.25, -0.2) is 0 Å². The zero-order chi connectivity index (χ0) is 19.2. The second kappa shape index (κ2) is 9.72. The van der Waals surface area contributed by atoms with Gasteiger partial charge in [0.25, 0.3) is 0 Å². The fourth-order valence-corrected chi connectivity index (χ4v) is 4.86. The maximum atomic E-state index is 6.39. The van der Waals surface area contributed by atoms with E-state index < -0.39 is 0 Å². The van der Waals surface area contributed by atoms with E-state index in [9.17, 15) is 0 Å². The van der Waals surface area contributed by atoms with Crippen LogP contribution in [0.2, 0.25) is 10.0 Å². The molecule has 3 nitrogen and oxygen atoms in total. The highest BCUT2D eigenvalue weighted by Gasteiger charge is 2.29. The van der Waals surface area contributed by atoms with Crippen molar-refractivity contribution >= 4 is 40.1 Å². The number of thioether (sulfide) groups is 1. The second-order valence-electron chi connectivity index (χ2n) is 6.50. The fraction of sp³-hybridized carbons (Fsp3) is 0.381. The Bertz CT molecular complexity index is 795. The van der Waals surface area contributed by atoms with E-state index in [-0.39, 0.29) is 0 Å². The summed E-state index contributed by atoms with van der Waals surface area (Å²) in [5.74, 6) is 1.96. The Balaban J connectivity index is 1.67. The minimum Gasteiger partial charge on any atom is -0.497 e. The SMILES string of the molecule is CC[C@@H]1CSC(=NCCc2ccc(OC)cc2)N1Cc1ccc(Cl)cc1Cl. The highest BCUT2D eigenvalue weighted by atomic mass is 35.5. The van der Waals surface area contributed by atoms with Crippen LogP contribution in [0, 0.1) is 0 Å². The van der Waals surface area contributed by atoms with E-state index in [1.165, 1.54) is 5.56 Å². The van der Waals surface area contributed by atoms with Crippen molar-refractivity contribution in [3.63, 3.8) is 0 Å². The lowest BCUT2D eigenvalue weighted by Gasteiger charge is -2.25. The van der Waals surface area contributed by atoms with Crippen LogP contribution in [-0.2, 0) is 13.0 Å². The van der Waals surface area contributed by atoms with Crippen molar-refractivity contribution in [2.75, 3.05) is 19.4 Å². The predicted molar refractivity (Wildman–Crippen MR) is 118 cm³/mol. The van der Waals surface area contributed by atoms with Crippen LogP contribution < -0.4 is 4.74 Å². The number of aliphatic imine (C=N–C) groups is 1. The first kappa shape index (κ1) is 20.4. The van der Waals surface area contributed by atoms with Gasteiger partial charge < -0.3 is 9.64 Å². The quantitative estimate of drug-likeness (QED) is 0.552. The van der Waals surface area contributed by atoms with Crippen molar-refractivity contribution in [3.05, 3.63) is 63.6 Å². The summed E-state index contributed by atoms with van der Waals surface area (Å²) in [6, 6.07) is 14.4. The molecule has 2 aromatic rings. The molecule has 6 heteroatoms. The van der Waals surface area contributed by atoms with Crippen molar-refractivity contribution < 1.29 is 4.74 Å². The number of benzene rings is 2. The Kier molecular flexibility index (Phi) is 7.33. The molecule has 0 N–H and O–H groups in total. The van der Waals surface area contributed by atoms with Gasteiger partial charge in [0.1, 0.15) is 5.75 Å². The number of halogens is 2. The van der Waals surface area contributed by atoms with Crippen molar-refractivity contribution in [3.8, 4) is 5.75 Å². The van der Waals surface area contributed by atoms with Gasteiger partial charge >= 0.3 is 0 Å². The third kappa shape index (κ3) is 5.34. The van der Waals surface area contributed by atoms with Crippen LogP contribution in [0.5, 0.6) is 5.75 Å². The Morgan fingerprint density at radius 2 is 1.96 bits per heavy atom. The van der Waals surface area contributed by atoms with Gasteiger partial charge in [-0.05, 0) is 48.2 Å². The van der Waals surface area contributed by atoms with E-state index in [1.807, 2.05) is 42.1 Å². The van der Waals surface area contributed by atoms with E-state index in [0.29, 0.717) is 16.1 Å². The monoisotopic (exact) mass is 422 g/mol. The summed E-state index contributed by atoms with van der Waals surface area (Å²) in [4.78, 5) is 7.27. The molecule has 1 aliphatic rings. The molecule has 0 aliphatic carbocycles.